The molecule has 0 atom stereocenters. The molecule has 0 unspecified atom stereocenters. The van der Waals surface area contributed by atoms with Crippen molar-refractivity contribution >= 4 is 23.3 Å². The molecule has 1 aromatic heterocycles. The van der Waals surface area contributed by atoms with Crippen molar-refractivity contribution in [3.8, 4) is 11.5 Å². The smallest absolute Gasteiger partial charge is 0.118 e. The first-order valence-corrected chi connectivity index (χ1v) is 9.89. The Kier molecular flexibility index (Phi) is 8.55. The lowest BCUT2D eigenvalue weighted by Gasteiger charge is -2.27. The van der Waals surface area contributed by atoms with E-state index in [1.54, 1.807) is 13.2 Å². The number of nitrogens with zero attached hydrogens (tertiary/aromatic N) is 2. The molecule has 1 fully saturated rings. The van der Waals surface area contributed by atoms with Crippen LogP contribution in [0.1, 0.15) is 16.8 Å². The van der Waals surface area contributed by atoms with Crippen molar-refractivity contribution in [1.82, 2.24) is 9.47 Å². The second kappa shape index (κ2) is 10.7. The van der Waals surface area contributed by atoms with Crippen LogP contribution < -0.4 is 4.74 Å². The van der Waals surface area contributed by atoms with E-state index in [0.717, 1.165) is 57.1 Å². The Labute approximate surface area is 183 Å². The number of morpholine rings is 1. The maximum Gasteiger partial charge on any atom is 0.118 e. The van der Waals surface area contributed by atoms with Crippen molar-refractivity contribution in [2.45, 2.75) is 19.9 Å². The molecular formula is C23H31ClN2O4. The number of hydrogen-bond donors (Lipinski definition) is 1. The van der Waals surface area contributed by atoms with Crippen LogP contribution in [0.25, 0.3) is 10.9 Å². The lowest BCUT2D eigenvalue weighted by Crippen LogP contribution is -2.38. The Hall–Kier alpha value is -2.25. The molecule has 1 aliphatic rings. The maximum atomic E-state index is 10.1. The molecule has 7 heteroatoms. The molecule has 0 radical (unpaired) electrons. The number of ether oxygens (including phenoxy) is 2. The molecule has 0 spiro atoms. The third-order valence-corrected chi connectivity index (χ3v) is 5.72. The van der Waals surface area contributed by atoms with Crippen LogP contribution in [0.15, 0.2) is 42.5 Å². The van der Waals surface area contributed by atoms with Gasteiger partial charge in [0.05, 0.1) is 25.8 Å². The molecule has 1 aliphatic heterocycles. The average Bonchev–Trinajstić information content (AvgIpc) is 2.98. The number of halogens is 1. The summed E-state index contributed by atoms with van der Waals surface area (Å²) in [6.07, 6.45) is 0.863. The molecule has 6 nitrogen and oxygen atoms in total. The highest BCUT2D eigenvalue weighted by atomic mass is 35.5. The number of benzene rings is 2. The molecule has 0 bridgehead atoms. The largest absolute Gasteiger partial charge is 0.508 e. The first-order valence-electron chi connectivity index (χ1n) is 9.89. The number of rotatable bonds is 6. The van der Waals surface area contributed by atoms with Gasteiger partial charge in [-0.05, 0) is 48.7 Å². The Bertz CT molecular complexity index is 950. The van der Waals surface area contributed by atoms with Gasteiger partial charge >= 0.3 is 0 Å². The fourth-order valence-electron chi connectivity index (χ4n) is 4.06. The molecule has 30 heavy (non-hydrogen) atoms. The van der Waals surface area contributed by atoms with E-state index in [1.165, 1.54) is 22.2 Å². The van der Waals surface area contributed by atoms with Crippen LogP contribution in [0, 0.1) is 6.92 Å². The van der Waals surface area contributed by atoms with Gasteiger partial charge in [-0.3, -0.25) is 4.90 Å². The number of fused-ring (bicyclic) bond motifs is 1. The average molecular weight is 435 g/mol. The number of phenolic OH excluding ortho intramolecular Hbond substituents is 1. The topological polar surface area (TPSA) is 78.4 Å². The summed E-state index contributed by atoms with van der Waals surface area (Å²) in [7, 11) is 1.69. The van der Waals surface area contributed by atoms with E-state index in [4.69, 9.17) is 9.47 Å². The van der Waals surface area contributed by atoms with Crippen LogP contribution in [-0.2, 0) is 17.7 Å². The lowest BCUT2D eigenvalue weighted by atomic mass is 10.0. The van der Waals surface area contributed by atoms with Crippen molar-refractivity contribution < 1.29 is 20.1 Å². The predicted molar refractivity (Wildman–Crippen MR) is 122 cm³/mol. The molecule has 0 saturated carbocycles. The Morgan fingerprint density at radius 2 is 1.73 bits per heavy atom. The molecule has 0 aliphatic carbocycles. The van der Waals surface area contributed by atoms with Crippen molar-refractivity contribution in [3.63, 3.8) is 0 Å². The van der Waals surface area contributed by atoms with Crippen molar-refractivity contribution in [2.75, 3.05) is 40.0 Å². The molecule has 2 heterocycles. The van der Waals surface area contributed by atoms with Gasteiger partial charge in [-0.1, -0.05) is 12.1 Å². The van der Waals surface area contributed by atoms with Crippen LogP contribution >= 0.6 is 12.4 Å². The van der Waals surface area contributed by atoms with E-state index >= 15 is 0 Å². The molecule has 4 rings (SSSR count). The SMILES string of the molecule is COc1ccc(Cc2c(C)n(CCN3CCOCC3)c3cc(O)ccc23)cc1.Cl.O. The zero-order chi connectivity index (χ0) is 19.5. The van der Waals surface area contributed by atoms with Gasteiger partial charge in [0.1, 0.15) is 11.5 Å². The van der Waals surface area contributed by atoms with E-state index in [9.17, 15) is 5.11 Å². The molecule has 3 aromatic rings. The van der Waals surface area contributed by atoms with Crippen molar-refractivity contribution in [1.29, 1.82) is 0 Å². The Balaban J connectivity index is 0.00000160. The maximum absolute atomic E-state index is 10.1. The predicted octanol–water partition coefficient (Wildman–Crippen LogP) is 3.18. The summed E-state index contributed by atoms with van der Waals surface area (Å²) in [6, 6.07) is 14.0. The molecular weight excluding hydrogens is 404 g/mol. The molecule has 3 N–H and O–H groups in total. The van der Waals surface area contributed by atoms with Gasteiger partial charge in [0, 0.05) is 43.3 Å². The third kappa shape index (κ3) is 5.08. The van der Waals surface area contributed by atoms with Crippen molar-refractivity contribution in [3.05, 3.63) is 59.3 Å². The second-order valence-electron chi connectivity index (χ2n) is 7.40. The lowest BCUT2D eigenvalue weighted by molar-refractivity contribution is 0.0365. The zero-order valence-corrected chi connectivity index (χ0v) is 18.4. The minimum Gasteiger partial charge on any atom is -0.508 e. The monoisotopic (exact) mass is 434 g/mol. The first kappa shape index (κ1) is 24.0. The third-order valence-electron chi connectivity index (χ3n) is 5.72. The zero-order valence-electron chi connectivity index (χ0n) is 17.6. The van der Waals surface area contributed by atoms with E-state index in [2.05, 4.69) is 28.5 Å². The van der Waals surface area contributed by atoms with Crippen LogP contribution in [-0.4, -0.2) is 60.0 Å². The summed E-state index contributed by atoms with van der Waals surface area (Å²) in [5.74, 6) is 1.19. The second-order valence-corrected chi connectivity index (χ2v) is 7.40. The van der Waals surface area contributed by atoms with Gasteiger partial charge in [0.15, 0.2) is 0 Å². The van der Waals surface area contributed by atoms with Gasteiger partial charge in [0.2, 0.25) is 0 Å². The summed E-state index contributed by atoms with van der Waals surface area (Å²) in [5, 5.41) is 11.3. The van der Waals surface area contributed by atoms with Crippen LogP contribution in [0.4, 0.5) is 0 Å². The molecule has 2 aromatic carbocycles. The van der Waals surface area contributed by atoms with Gasteiger partial charge in [0.25, 0.3) is 0 Å². The summed E-state index contributed by atoms with van der Waals surface area (Å²) in [6.45, 7) is 7.70. The fraction of sp³-hybridized carbons (Fsp3) is 0.391. The van der Waals surface area contributed by atoms with E-state index in [-0.39, 0.29) is 17.9 Å². The highest BCUT2D eigenvalue weighted by Gasteiger charge is 2.17. The van der Waals surface area contributed by atoms with E-state index in [1.807, 2.05) is 24.3 Å². The number of phenols is 1. The summed E-state index contributed by atoms with van der Waals surface area (Å²) < 4.78 is 13.1. The summed E-state index contributed by atoms with van der Waals surface area (Å²) >= 11 is 0. The number of methoxy groups -OCH3 is 1. The molecule has 0 amide bonds. The van der Waals surface area contributed by atoms with Gasteiger partial charge in [-0.15, -0.1) is 12.4 Å². The first-order chi connectivity index (χ1) is 13.7. The van der Waals surface area contributed by atoms with Crippen LogP contribution in [0.5, 0.6) is 11.5 Å². The summed E-state index contributed by atoms with van der Waals surface area (Å²) in [4.78, 5) is 2.45. The van der Waals surface area contributed by atoms with Crippen LogP contribution in [0.2, 0.25) is 0 Å². The van der Waals surface area contributed by atoms with Gasteiger partial charge < -0.3 is 24.6 Å². The van der Waals surface area contributed by atoms with Crippen LogP contribution in [0.3, 0.4) is 0 Å². The highest BCUT2D eigenvalue weighted by molar-refractivity contribution is 5.87. The van der Waals surface area contributed by atoms with Gasteiger partial charge in [-0.2, -0.15) is 0 Å². The van der Waals surface area contributed by atoms with E-state index in [0.29, 0.717) is 5.75 Å². The molecule has 1 saturated heterocycles. The molecule has 164 valence electrons. The number of aromatic nitrogens is 1. The normalized spacial score (nSPS) is 14.2. The van der Waals surface area contributed by atoms with Crippen molar-refractivity contribution in [2.24, 2.45) is 0 Å². The Morgan fingerprint density at radius 3 is 2.40 bits per heavy atom. The minimum absolute atomic E-state index is 0. The summed E-state index contributed by atoms with van der Waals surface area (Å²) in [5.41, 5.74) is 4.95. The fourth-order valence-corrected chi connectivity index (χ4v) is 4.06. The van der Waals surface area contributed by atoms with E-state index < -0.39 is 0 Å². The highest BCUT2D eigenvalue weighted by Crippen LogP contribution is 2.31. The standard InChI is InChI=1S/C23H28N2O3.ClH.H2O/c1-17-22(15-18-3-6-20(27-2)7-4-18)21-8-5-19(26)16-23(21)25(17)10-9-24-11-13-28-14-12-24;;/h3-8,16,26H,9-15H2,1-2H3;1H;1H2. The number of hydrogen-bond acceptors (Lipinski definition) is 4. The minimum atomic E-state index is 0. The Morgan fingerprint density at radius 1 is 1.03 bits per heavy atom. The number of aromatic hydroxyl groups is 1. The van der Waals surface area contributed by atoms with Gasteiger partial charge in [-0.25, -0.2) is 0 Å². The quantitative estimate of drug-likeness (QED) is 0.646.